The molecule has 0 fully saturated rings. The van der Waals surface area contributed by atoms with Crippen LogP contribution in [0.5, 0.6) is 0 Å². The molecule has 29 heavy (non-hydrogen) atoms. The molecule has 0 radical (unpaired) electrons. The molecule has 1 aliphatic carbocycles. The number of nitrogens with one attached hydrogen (secondary N) is 1. The standard InChI is InChI=1S/C20H15N3O5S/c21-10-4-3-5-11(8-10)23-15-9-14(22)20(29(26,27)28)17-16(15)18(24)12-6-1-2-7-13(12)19(17)25/h1-9,23H,21-22H2,(H,26,27,28). The van der Waals surface area contributed by atoms with Crippen molar-refractivity contribution in [3.8, 4) is 0 Å². The fraction of sp³-hybridized carbons (Fsp3) is 0. The van der Waals surface area contributed by atoms with Crippen molar-refractivity contribution in [2.45, 2.75) is 4.90 Å². The van der Waals surface area contributed by atoms with E-state index in [4.69, 9.17) is 11.5 Å². The quantitative estimate of drug-likeness (QED) is 0.297. The lowest BCUT2D eigenvalue weighted by molar-refractivity contribution is 0.0977. The Hall–Kier alpha value is -3.69. The van der Waals surface area contributed by atoms with Gasteiger partial charge in [-0.2, -0.15) is 8.42 Å². The van der Waals surface area contributed by atoms with Crippen LogP contribution in [0, 0.1) is 0 Å². The molecule has 146 valence electrons. The first-order valence-electron chi connectivity index (χ1n) is 8.43. The zero-order valence-electron chi connectivity index (χ0n) is 14.8. The van der Waals surface area contributed by atoms with Crippen LogP contribution in [0.3, 0.4) is 0 Å². The van der Waals surface area contributed by atoms with Crippen molar-refractivity contribution in [2.24, 2.45) is 0 Å². The highest BCUT2D eigenvalue weighted by atomic mass is 32.2. The Bertz CT molecular complexity index is 1320. The summed E-state index contributed by atoms with van der Waals surface area (Å²) >= 11 is 0. The van der Waals surface area contributed by atoms with Gasteiger partial charge in [-0.3, -0.25) is 14.1 Å². The van der Waals surface area contributed by atoms with Gasteiger partial charge < -0.3 is 16.8 Å². The molecule has 4 rings (SSSR count). The Labute approximate surface area is 165 Å². The number of benzene rings is 3. The summed E-state index contributed by atoms with van der Waals surface area (Å²) in [6, 6.07) is 13.9. The second-order valence-corrected chi connectivity index (χ2v) is 7.88. The minimum atomic E-state index is -4.88. The zero-order valence-corrected chi connectivity index (χ0v) is 15.7. The third kappa shape index (κ3) is 3.02. The second kappa shape index (κ2) is 6.43. The van der Waals surface area contributed by atoms with Crippen LogP contribution in [0.2, 0.25) is 0 Å². The number of carbonyl (C=O) groups excluding carboxylic acids is 2. The van der Waals surface area contributed by atoms with E-state index in [0.717, 1.165) is 0 Å². The first-order chi connectivity index (χ1) is 13.7. The average molecular weight is 409 g/mol. The van der Waals surface area contributed by atoms with Crippen LogP contribution in [0.1, 0.15) is 31.8 Å². The molecule has 0 bridgehead atoms. The summed E-state index contributed by atoms with van der Waals surface area (Å²) in [5, 5.41) is 2.96. The van der Waals surface area contributed by atoms with Gasteiger partial charge in [-0.15, -0.1) is 0 Å². The smallest absolute Gasteiger partial charge is 0.297 e. The number of hydrogen-bond acceptors (Lipinski definition) is 7. The number of nitrogens with two attached hydrogens (primary N) is 2. The van der Waals surface area contributed by atoms with Gasteiger partial charge in [-0.25, -0.2) is 0 Å². The lowest BCUT2D eigenvalue weighted by Crippen LogP contribution is -2.25. The number of carbonyl (C=O) groups is 2. The minimum absolute atomic E-state index is 0.0374. The van der Waals surface area contributed by atoms with Crippen LogP contribution < -0.4 is 16.8 Å². The molecule has 0 spiro atoms. The van der Waals surface area contributed by atoms with Gasteiger partial charge in [0.2, 0.25) is 0 Å². The molecule has 0 amide bonds. The van der Waals surface area contributed by atoms with Crippen molar-refractivity contribution in [1.82, 2.24) is 0 Å². The van der Waals surface area contributed by atoms with Crippen molar-refractivity contribution in [3.63, 3.8) is 0 Å². The lowest BCUT2D eigenvalue weighted by Gasteiger charge is -2.23. The molecule has 1 aliphatic rings. The molecular weight excluding hydrogens is 394 g/mol. The molecule has 0 unspecified atom stereocenters. The summed E-state index contributed by atoms with van der Waals surface area (Å²) in [5.74, 6) is -1.28. The van der Waals surface area contributed by atoms with Crippen LogP contribution >= 0.6 is 0 Å². The maximum atomic E-state index is 13.2. The molecule has 0 atom stereocenters. The summed E-state index contributed by atoms with van der Waals surface area (Å²) in [7, 11) is -4.88. The predicted molar refractivity (Wildman–Crippen MR) is 108 cm³/mol. The van der Waals surface area contributed by atoms with Crippen LogP contribution in [-0.4, -0.2) is 24.5 Å². The number of ketones is 2. The fourth-order valence-corrected chi connectivity index (χ4v) is 4.24. The summed E-state index contributed by atoms with van der Waals surface area (Å²) in [5.41, 5.74) is 11.9. The molecule has 0 saturated heterocycles. The van der Waals surface area contributed by atoms with Crippen LogP contribution in [-0.2, 0) is 10.1 Å². The van der Waals surface area contributed by atoms with E-state index in [2.05, 4.69) is 5.32 Å². The van der Waals surface area contributed by atoms with Crippen molar-refractivity contribution in [2.75, 3.05) is 16.8 Å². The number of anilines is 4. The summed E-state index contributed by atoms with van der Waals surface area (Å²) in [6.07, 6.45) is 0. The molecule has 0 heterocycles. The Balaban J connectivity index is 2.04. The normalized spacial score (nSPS) is 13.0. The average Bonchev–Trinajstić information content (AvgIpc) is 2.64. The molecule has 3 aromatic carbocycles. The van der Waals surface area contributed by atoms with Crippen LogP contribution in [0.4, 0.5) is 22.7 Å². The van der Waals surface area contributed by atoms with E-state index in [1.54, 1.807) is 36.4 Å². The highest BCUT2D eigenvalue weighted by molar-refractivity contribution is 7.86. The van der Waals surface area contributed by atoms with Crippen molar-refractivity contribution in [3.05, 3.63) is 76.9 Å². The van der Waals surface area contributed by atoms with E-state index in [0.29, 0.717) is 11.4 Å². The van der Waals surface area contributed by atoms with Gasteiger partial charge in [0.05, 0.1) is 22.5 Å². The highest BCUT2D eigenvalue weighted by Crippen LogP contribution is 2.40. The number of rotatable bonds is 3. The Morgan fingerprint density at radius 2 is 1.45 bits per heavy atom. The number of nitrogen functional groups attached to an aromatic ring is 2. The van der Waals surface area contributed by atoms with Crippen molar-refractivity contribution in [1.29, 1.82) is 0 Å². The van der Waals surface area contributed by atoms with Gasteiger partial charge in [0.1, 0.15) is 4.90 Å². The third-order valence-corrected chi connectivity index (χ3v) is 5.56. The summed E-state index contributed by atoms with van der Waals surface area (Å²) in [6.45, 7) is 0. The summed E-state index contributed by atoms with van der Waals surface area (Å²) < 4.78 is 33.6. The predicted octanol–water partition coefficient (Wildman–Crippen LogP) is 2.62. The molecular formula is C20H15N3O5S. The first kappa shape index (κ1) is 18.7. The molecule has 0 saturated carbocycles. The number of hydrogen-bond donors (Lipinski definition) is 4. The number of fused-ring (bicyclic) bond motifs is 2. The van der Waals surface area contributed by atoms with Crippen LogP contribution in [0.15, 0.2) is 59.5 Å². The monoisotopic (exact) mass is 409 g/mol. The molecule has 0 aliphatic heterocycles. The maximum Gasteiger partial charge on any atom is 0.297 e. The Morgan fingerprint density at radius 3 is 2.03 bits per heavy atom. The van der Waals surface area contributed by atoms with E-state index >= 15 is 0 Å². The molecule has 3 aromatic rings. The second-order valence-electron chi connectivity index (χ2n) is 6.52. The van der Waals surface area contributed by atoms with Gasteiger partial charge >= 0.3 is 0 Å². The topological polar surface area (TPSA) is 153 Å². The zero-order chi connectivity index (χ0) is 20.9. The molecule has 0 aromatic heterocycles. The molecule has 8 nitrogen and oxygen atoms in total. The van der Waals surface area contributed by atoms with Crippen molar-refractivity contribution >= 4 is 44.4 Å². The third-order valence-electron chi connectivity index (χ3n) is 4.60. The highest BCUT2D eigenvalue weighted by Gasteiger charge is 2.38. The summed E-state index contributed by atoms with van der Waals surface area (Å²) in [4.78, 5) is 25.5. The molecule has 9 heteroatoms. The van der Waals surface area contributed by atoms with Gasteiger partial charge in [0.25, 0.3) is 10.1 Å². The minimum Gasteiger partial charge on any atom is -0.399 e. The van der Waals surface area contributed by atoms with E-state index < -0.39 is 32.1 Å². The first-order valence-corrected chi connectivity index (χ1v) is 9.87. The SMILES string of the molecule is Nc1cccc(Nc2cc(N)c(S(=O)(=O)O)c3c2C(=O)c2ccccc2C3=O)c1. The van der Waals surface area contributed by atoms with E-state index in [1.165, 1.54) is 18.2 Å². The van der Waals surface area contributed by atoms with Crippen LogP contribution in [0.25, 0.3) is 0 Å². The van der Waals surface area contributed by atoms with E-state index in [1.807, 2.05) is 0 Å². The van der Waals surface area contributed by atoms with E-state index in [9.17, 15) is 22.6 Å². The lowest BCUT2D eigenvalue weighted by atomic mass is 9.82. The van der Waals surface area contributed by atoms with Crippen molar-refractivity contribution < 1.29 is 22.6 Å². The van der Waals surface area contributed by atoms with Gasteiger partial charge in [0, 0.05) is 22.5 Å². The van der Waals surface area contributed by atoms with Gasteiger partial charge in [-0.05, 0) is 24.3 Å². The maximum absolute atomic E-state index is 13.2. The van der Waals surface area contributed by atoms with Gasteiger partial charge in [-0.1, -0.05) is 30.3 Å². The Morgan fingerprint density at radius 1 is 0.828 bits per heavy atom. The fourth-order valence-electron chi connectivity index (χ4n) is 3.44. The van der Waals surface area contributed by atoms with Gasteiger partial charge in [0.15, 0.2) is 11.6 Å². The Kier molecular flexibility index (Phi) is 4.14. The largest absolute Gasteiger partial charge is 0.399 e. The van der Waals surface area contributed by atoms with E-state index in [-0.39, 0.29) is 28.1 Å². The molecule has 6 N–H and O–H groups in total.